The van der Waals surface area contributed by atoms with Crippen LogP contribution in [-0.4, -0.2) is 38.5 Å². The van der Waals surface area contributed by atoms with Gasteiger partial charge in [0.05, 0.1) is 11.0 Å². The number of hydrogen-bond donors (Lipinski definition) is 0. The Morgan fingerprint density at radius 1 is 1.29 bits per heavy atom. The van der Waals surface area contributed by atoms with Crippen molar-refractivity contribution in [1.29, 1.82) is 0 Å². The van der Waals surface area contributed by atoms with E-state index in [0.717, 1.165) is 6.42 Å². The van der Waals surface area contributed by atoms with Gasteiger partial charge in [-0.2, -0.15) is 4.31 Å². The van der Waals surface area contributed by atoms with Gasteiger partial charge in [-0.15, -0.1) is 0 Å². The topological polar surface area (TPSA) is 46.6 Å². The van der Waals surface area contributed by atoms with Gasteiger partial charge in [0.1, 0.15) is 0 Å². The standard InChI is InChI=1S/C12H17NO3S/c1-11-10-13(8-5-9-16-11)17(14,15)12-6-3-2-4-7-12/h2-4,6-7,11H,5,8-10H2,1H3. The molecular weight excluding hydrogens is 238 g/mol. The fraction of sp³-hybridized carbons (Fsp3) is 0.500. The Morgan fingerprint density at radius 2 is 2.00 bits per heavy atom. The summed E-state index contributed by atoms with van der Waals surface area (Å²) in [4.78, 5) is 0.356. The Labute approximate surface area is 102 Å². The zero-order valence-electron chi connectivity index (χ0n) is 9.87. The molecule has 1 aromatic carbocycles. The highest BCUT2D eigenvalue weighted by molar-refractivity contribution is 7.89. The van der Waals surface area contributed by atoms with Crippen LogP contribution in [0.2, 0.25) is 0 Å². The molecule has 1 aliphatic rings. The van der Waals surface area contributed by atoms with Crippen LogP contribution in [0.25, 0.3) is 0 Å². The van der Waals surface area contributed by atoms with Crippen molar-refractivity contribution >= 4 is 10.0 Å². The van der Waals surface area contributed by atoms with E-state index in [9.17, 15) is 8.42 Å². The van der Waals surface area contributed by atoms with Crippen LogP contribution >= 0.6 is 0 Å². The lowest BCUT2D eigenvalue weighted by Gasteiger charge is -2.21. The maximum atomic E-state index is 12.4. The maximum Gasteiger partial charge on any atom is 0.243 e. The predicted molar refractivity (Wildman–Crippen MR) is 65.2 cm³/mol. The van der Waals surface area contributed by atoms with Gasteiger partial charge in [0.2, 0.25) is 10.0 Å². The Kier molecular flexibility index (Phi) is 3.81. The maximum absolute atomic E-state index is 12.4. The highest BCUT2D eigenvalue weighted by atomic mass is 32.2. The zero-order valence-corrected chi connectivity index (χ0v) is 10.7. The molecule has 1 aromatic rings. The molecule has 0 saturated carbocycles. The molecule has 5 heteroatoms. The van der Waals surface area contributed by atoms with Gasteiger partial charge >= 0.3 is 0 Å². The number of hydrogen-bond acceptors (Lipinski definition) is 3. The Morgan fingerprint density at radius 3 is 2.71 bits per heavy atom. The Balaban J connectivity index is 2.26. The zero-order chi connectivity index (χ0) is 12.3. The van der Waals surface area contributed by atoms with Gasteiger partial charge in [-0.3, -0.25) is 0 Å². The summed E-state index contributed by atoms with van der Waals surface area (Å²) in [6.45, 7) is 3.49. The second kappa shape index (κ2) is 5.16. The van der Waals surface area contributed by atoms with Crippen molar-refractivity contribution in [2.45, 2.75) is 24.3 Å². The summed E-state index contributed by atoms with van der Waals surface area (Å²) >= 11 is 0. The minimum Gasteiger partial charge on any atom is -0.377 e. The smallest absolute Gasteiger partial charge is 0.243 e. The average Bonchev–Trinajstić information content (AvgIpc) is 2.55. The van der Waals surface area contributed by atoms with Crippen molar-refractivity contribution in [3.8, 4) is 0 Å². The summed E-state index contributed by atoms with van der Waals surface area (Å²) in [5.74, 6) is 0. The van der Waals surface area contributed by atoms with Gasteiger partial charge in [0.25, 0.3) is 0 Å². The van der Waals surface area contributed by atoms with Crippen LogP contribution in [0.5, 0.6) is 0 Å². The van der Waals surface area contributed by atoms with E-state index in [1.165, 1.54) is 4.31 Å². The van der Waals surface area contributed by atoms with Gasteiger partial charge in [-0.05, 0) is 25.5 Å². The second-order valence-corrected chi connectivity index (χ2v) is 6.15. The van der Waals surface area contributed by atoms with Crippen LogP contribution in [0.15, 0.2) is 35.2 Å². The van der Waals surface area contributed by atoms with E-state index in [2.05, 4.69) is 0 Å². The summed E-state index contributed by atoms with van der Waals surface area (Å²) in [5.41, 5.74) is 0. The van der Waals surface area contributed by atoms with E-state index in [-0.39, 0.29) is 6.10 Å². The lowest BCUT2D eigenvalue weighted by molar-refractivity contribution is 0.0752. The molecule has 17 heavy (non-hydrogen) atoms. The van der Waals surface area contributed by atoms with Gasteiger partial charge in [-0.25, -0.2) is 8.42 Å². The van der Waals surface area contributed by atoms with Gasteiger partial charge in [0.15, 0.2) is 0 Å². The summed E-state index contributed by atoms with van der Waals surface area (Å²) in [7, 11) is -3.36. The number of rotatable bonds is 2. The fourth-order valence-corrected chi connectivity index (χ4v) is 3.49. The SMILES string of the molecule is CC1CN(S(=O)(=O)c2ccccc2)CCCO1. The molecule has 1 aliphatic heterocycles. The van der Waals surface area contributed by atoms with E-state index in [1.54, 1.807) is 24.3 Å². The molecule has 0 aromatic heterocycles. The molecule has 0 radical (unpaired) electrons. The second-order valence-electron chi connectivity index (χ2n) is 4.21. The predicted octanol–water partition coefficient (Wildman–Crippen LogP) is 1.49. The van der Waals surface area contributed by atoms with Crippen LogP contribution < -0.4 is 0 Å². The third-order valence-electron chi connectivity index (χ3n) is 2.80. The van der Waals surface area contributed by atoms with Crippen molar-refractivity contribution in [2.75, 3.05) is 19.7 Å². The first-order valence-electron chi connectivity index (χ1n) is 5.77. The largest absolute Gasteiger partial charge is 0.377 e. The normalized spacial score (nSPS) is 23.2. The number of sulfonamides is 1. The molecule has 1 saturated heterocycles. The van der Waals surface area contributed by atoms with Crippen LogP contribution in [0.4, 0.5) is 0 Å². The highest BCUT2D eigenvalue weighted by Gasteiger charge is 2.27. The van der Waals surface area contributed by atoms with Crippen molar-refractivity contribution in [1.82, 2.24) is 4.31 Å². The quantitative estimate of drug-likeness (QED) is 0.804. The summed E-state index contributed by atoms with van der Waals surface area (Å²) in [5, 5.41) is 0. The van der Waals surface area contributed by atoms with Crippen LogP contribution in [0.3, 0.4) is 0 Å². The number of benzene rings is 1. The van der Waals surface area contributed by atoms with E-state index in [0.29, 0.717) is 24.6 Å². The van der Waals surface area contributed by atoms with E-state index >= 15 is 0 Å². The molecule has 0 bridgehead atoms. The molecule has 2 rings (SSSR count). The summed E-state index contributed by atoms with van der Waals surface area (Å²) in [6.07, 6.45) is 0.701. The first-order chi connectivity index (χ1) is 8.10. The molecule has 0 aliphatic carbocycles. The minimum atomic E-state index is -3.36. The molecule has 0 N–H and O–H groups in total. The summed E-state index contributed by atoms with van der Waals surface area (Å²) < 4.78 is 31.7. The number of ether oxygens (including phenoxy) is 1. The van der Waals surface area contributed by atoms with Crippen molar-refractivity contribution in [3.05, 3.63) is 30.3 Å². The number of nitrogens with zero attached hydrogens (tertiary/aromatic N) is 1. The molecular formula is C12H17NO3S. The van der Waals surface area contributed by atoms with Gasteiger partial charge in [-0.1, -0.05) is 18.2 Å². The molecule has 1 heterocycles. The van der Waals surface area contributed by atoms with Gasteiger partial charge < -0.3 is 4.74 Å². The minimum absolute atomic E-state index is 0.0454. The molecule has 4 nitrogen and oxygen atoms in total. The first kappa shape index (κ1) is 12.5. The van der Waals surface area contributed by atoms with E-state index in [4.69, 9.17) is 4.74 Å². The molecule has 1 atom stereocenters. The van der Waals surface area contributed by atoms with Crippen LogP contribution in [0, 0.1) is 0 Å². The van der Waals surface area contributed by atoms with Crippen molar-refractivity contribution < 1.29 is 13.2 Å². The first-order valence-corrected chi connectivity index (χ1v) is 7.21. The van der Waals surface area contributed by atoms with E-state index < -0.39 is 10.0 Å². The summed E-state index contributed by atoms with van der Waals surface area (Å²) in [6, 6.07) is 8.56. The molecule has 0 amide bonds. The Bertz CT molecular complexity index is 458. The van der Waals surface area contributed by atoms with Crippen LogP contribution in [-0.2, 0) is 14.8 Å². The van der Waals surface area contributed by atoms with Gasteiger partial charge in [0, 0.05) is 19.7 Å². The van der Waals surface area contributed by atoms with Crippen molar-refractivity contribution in [3.63, 3.8) is 0 Å². The van der Waals surface area contributed by atoms with Crippen molar-refractivity contribution in [2.24, 2.45) is 0 Å². The molecule has 94 valence electrons. The lowest BCUT2D eigenvalue weighted by atomic mass is 10.4. The Hall–Kier alpha value is -0.910. The average molecular weight is 255 g/mol. The molecule has 1 unspecified atom stereocenters. The fourth-order valence-electron chi connectivity index (χ4n) is 1.92. The molecule has 0 spiro atoms. The third kappa shape index (κ3) is 2.86. The third-order valence-corrected chi connectivity index (χ3v) is 4.68. The van der Waals surface area contributed by atoms with Crippen LogP contribution in [0.1, 0.15) is 13.3 Å². The highest BCUT2D eigenvalue weighted by Crippen LogP contribution is 2.18. The monoisotopic (exact) mass is 255 g/mol. The molecule has 1 fully saturated rings. The van der Waals surface area contributed by atoms with E-state index in [1.807, 2.05) is 13.0 Å². The lowest BCUT2D eigenvalue weighted by Crippen LogP contribution is -2.35.